The molecule has 11 nitrogen and oxygen atoms in total. The molecule has 0 saturated heterocycles. The smallest absolute Gasteiger partial charge is 0.462 e. The maximum atomic E-state index is 12.8. The highest BCUT2D eigenvalue weighted by Crippen LogP contribution is 2.43. The van der Waals surface area contributed by atoms with Crippen molar-refractivity contribution in [3.05, 3.63) is 72.9 Å². The number of hydrogen-bond acceptors (Lipinski definition) is 10. The van der Waals surface area contributed by atoms with E-state index in [1.165, 1.54) is 77.0 Å². The van der Waals surface area contributed by atoms with Gasteiger partial charge in [-0.1, -0.05) is 209 Å². The van der Waals surface area contributed by atoms with Gasteiger partial charge >= 0.3 is 25.7 Å². The van der Waals surface area contributed by atoms with E-state index >= 15 is 0 Å². The molecule has 0 amide bonds. The van der Waals surface area contributed by atoms with Gasteiger partial charge in [0, 0.05) is 19.3 Å². The van der Waals surface area contributed by atoms with Crippen molar-refractivity contribution in [1.82, 2.24) is 0 Å². The van der Waals surface area contributed by atoms with Gasteiger partial charge in [-0.15, -0.1) is 0 Å². The van der Waals surface area contributed by atoms with Crippen LogP contribution in [0.5, 0.6) is 0 Å². The molecule has 3 unspecified atom stereocenters. The number of rotatable bonds is 47. The summed E-state index contributed by atoms with van der Waals surface area (Å²) in [4.78, 5) is 48.1. The third-order valence-corrected chi connectivity index (χ3v) is 11.6. The van der Waals surface area contributed by atoms with E-state index < -0.39 is 57.8 Å². The summed E-state index contributed by atoms with van der Waals surface area (Å²) < 4.78 is 39.2. The van der Waals surface area contributed by atoms with E-state index in [1.807, 2.05) is 12.2 Å². The SMILES string of the molecule is CC/C=C\C/C=C\C/C=C\C/C=C\C/C=C\C/C=C\CCC(=O)OC(COC(=O)CCCCCCCCCCCCC)COP(=O)(O)OCC(CO)OC(=O)CCCCCCCCCCC. The molecular weight excluding hydrogens is 856 g/mol. The van der Waals surface area contributed by atoms with Crippen molar-refractivity contribution in [2.75, 3.05) is 26.4 Å². The van der Waals surface area contributed by atoms with Crippen LogP contribution in [0, 0.1) is 0 Å². The van der Waals surface area contributed by atoms with Gasteiger partial charge in [0.15, 0.2) is 6.10 Å². The number of carbonyl (C=O) groups is 3. The van der Waals surface area contributed by atoms with Gasteiger partial charge in [-0.25, -0.2) is 4.57 Å². The van der Waals surface area contributed by atoms with Crippen molar-refractivity contribution in [3.63, 3.8) is 0 Å². The number of carbonyl (C=O) groups excluding carboxylic acids is 3. The molecule has 0 heterocycles. The fourth-order valence-corrected chi connectivity index (χ4v) is 7.52. The van der Waals surface area contributed by atoms with Crippen LogP contribution in [0.4, 0.5) is 0 Å². The zero-order valence-corrected chi connectivity index (χ0v) is 42.5. The molecule has 0 bridgehead atoms. The van der Waals surface area contributed by atoms with Crippen molar-refractivity contribution >= 4 is 25.7 Å². The Morgan fingerprint density at radius 2 is 0.788 bits per heavy atom. The van der Waals surface area contributed by atoms with Gasteiger partial charge in [0.25, 0.3) is 0 Å². The van der Waals surface area contributed by atoms with Crippen LogP contribution in [-0.2, 0) is 42.2 Å². The van der Waals surface area contributed by atoms with Crippen molar-refractivity contribution in [3.8, 4) is 0 Å². The summed E-state index contributed by atoms with van der Waals surface area (Å²) in [5.74, 6) is -1.57. The third-order valence-electron chi connectivity index (χ3n) is 10.7. The van der Waals surface area contributed by atoms with Gasteiger partial charge in [-0.2, -0.15) is 0 Å². The molecule has 0 aromatic heterocycles. The lowest BCUT2D eigenvalue weighted by atomic mass is 10.1. The number of esters is 3. The van der Waals surface area contributed by atoms with Crippen LogP contribution in [0.2, 0.25) is 0 Å². The second-order valence-corrected chi connectivity index (χ2v) is 18.4. The molecule has 0 aliphatic heterocycles. The van der Waals surface area contributed by atoms with Gasteiger partial charge in [0.2, 0.25) is 0 Å². The number of allylic oxidation sites excluding steroid dienone is 12. The zero-order valence-electron chi connectivity index (χ0n) is 41.6. The molecule has 2 N–H and O–H groups in total. The second kappa shape index (κ2) is 48.4. The van der Waals surface area contributed by atoms with Gasteiger partial charge in [-0.3, -0.25) is 23.4 Å². The molecule has 0 saturated carbocycles. The molecule has 0 radical (unpaired) electrons. The molecule has 0 aliphatic rings. The number of phosphoric ester groups is 1. The summed E-state index contributed by atoms with van der Waals surface area (Å²) in [6, 6.07) is 0. The van der Waals surface area contributed by atoms with E-state index in [-0.39, 0.29) is 25.9 Å². The standard InChI is InChI=1S/C54H93O11P/c1-4-7-10-13-16-19-21-22-23-24-25-26-27-28-30-33-36-39-42-45-54(58)65-51(47-61-52(56)43-40-37-34-32-29-20-17-14-11-8-5-2)49-63-66(59,60)62-48-50(46-55)64-53(57)44-41-38-35-31-18-15-12-9-6-3/h7,10,16,19,22-23,25-26,28,30,36,39,50-51,55H,4-6,8-9,11-15,17-18,20-21,24,27,29,31-35,37-38,40-49H2,1-3H3,(H,59,60)/b10-7-,19-16-,23-22-,26-25-,30-28-,39-36-. The van der Waals surface area contributed by atoms with E-state index in [4.69, 9.17) is 23.3 Å². The second-order valence-electron chi connectivity index (χ2n) is 17.0. The normalized spacial score (nSPS) is 14.1. The molecule has 0 rings (SSSR count). The fourth-order valence-electron chi connectivity index (χ4n) is 6.73. The van der Waals surface area contributed by atoms with Crippen LogP contribution >= 0.6 is 7.82 Å². The molecule has 380 valence electrons. The summed E-state index contributed by atoms with van der Waals surface area (Å²) in [7, 11) is -4.75. The van der Waals surface area contributed by atoms with E-state index in [0.717, 1.165) is 77.0 Å². The van der Waals surface area contributed by atoms with Crippen LogP contribution < -0.4 is 0 Å². The van der Waals surface area contributed by atoms with Crippen molar-refractivity contribution < 1.29 is 52.2 Å². The number of aliphatic hydroxyl groups excluding tert-OH is 1. The summed E-state index contributed by atoms with van der Waals surface area (Å²) in [5, 5.41) is 9.73. The van der Waals surface area contributed by atoms with Crippen molar-refractivity contribution in [2.45, 2.75) is 226 Å². The average Bonchev–Trinajstić information content (AvgIpc) is 3.30. The van der Waals surface area contributed by atoms with E-state index in [9.17, 15) is 28.9 Å². The lowest BCUT2D eigenvalue weighted by Crippen LogP contribution is -2.30. The average molecular weight is 949 g/mol. The minimum Gasteiger partial charge on any atom is -0.462 e. The number of aliphatic hydroxyl groups is 1. The Labute approximate surface area is 401 Å². The Hall–Kier alpha value is -3.08. The van der Waals surface area contributed by atoms with E-state index in [0.29, 0.717) is 19.3 Å². The van der Waals surface area contributed by atoms with Gasteiger partial charge in [0.05, 0.1) is 19.8 Å². The molecule has 0 fully saturated rings. The highest BCUT2D eigenvalue weighted by Gasteiger charge is 2.28. The number of hydrogen-bond donors (Lipinski definition) is 2. The summed E-state index contributed by atoms with van der Waals surface area (Å²) >= 11 is 0. The number of ether oxygens (including phenoxy) is 3. The van der Waals surface area contributed by atoms with Crippen LogP contribution in [0.3, 0.4) is 0 Å². The monoisotopic (exact) mass is 949 g/mol. The molecule has 12 heteroatoms. The minimum atomic E-state index is -4.75. The maximum absolute atomic E-state index is 12.8. The zero-order chi connectivity index (χ0) is 48.4. The Morgan fingerprint density at radius 1 is 0.439 bits per heavy atom. The molecule has 0 aromatic rings. The number of unbranched alkanes of at least 4 members (excludes halogenated alkanes) is 18. The van der Waals surface area contributed by atoms with Gasteiger partial charge < -0.3 is 24.2 Å². The van der Waals surface area contributed by atoms with Gasteiger partial charge in [0.1, 0.15) is 12.7 Å². The van der Waals surface area contributed by atoms with Crippen molar-refractivity contribution in [2.24, 2.45) is 0 Å². The summed E-state index contributed by atoms with van der Waals surface area (Å²) in [6.07, 6.45) is 51.8. The first-order valence-electron chi connectivity index (χ1n) is 25.8. The minimum absolute atomic E-state index is 0.0429. The lowest BCUT2D eigenvalue weighted by Gasteiger charge is -2.21. The Morgan fingerprint density at radius 3 is 1.21 bits per heavy atom. The Bertz CT molecular complexity index is 1390. The molecule has 0 aliphatic carbocycles. The summed E-state index contributed by atoms with van der Waals surface area (Å²) in [5.41, 5.74) is 0. The predicted molar refractivity (Wildman–Crippen MR) is 270 cm³/mol. The molecule has 3 atom stereocenters. The van der Waals surface area contributed by atoms with Crippen LogP contribution in [0.15, 0.2) is 72.9 Å². The highest BCUT2D eigenvalue weighted by atomic mass is 31.2. The largest absolute Gasteiger partial charge is 0.472 e. The maximum Gasteiger partial charge on any atom is 0.472 e. The highest BCUT2D eigenvalue weighted by molar-refractivity contribution is 7.47. The predicted octanol–water partition coefficient (Wildman–Crippen LogP) is 14.6. The summed E-state index contributed by atoms with van der Waals surface area (Å²) in [6.45, 7) is 4.40. The Kier molecular flexibility index (Phi) is 46.1. The van der Waals surface area contributed by atoms with Crippen molar-refractivity contribution in [1.29, 1.82) is 0 Å². The van der Waals surface area contributed by atoms with Crippen LogP contribution in [0.1, 0.15) is 213 Å². The molecule has 66 heavy (non-hydrogen) atoms. The Balaban J connectivity index is 4.85. The topological polar surface area (TPSA) is 155 Å². The van der Waals surface area contributed by atoms with Gasteiger partial charge in [-0.05, 0) is 57.8 Å². The fraction of sp³-hybridized carbons (Fsp3) is 0.722. The third kappa shape index (κ3) is 46.0. The molecule has 0 aromatic carbocycles. The van der Waals surface area contributed by atoms with E-state index in [1.54, 1.807) is 0 Å². The van der Waals surface area contributed by atoms with Crippen LogP contribution in [0.25, 0.3) is 0 Å². The number of phosphoric acid groups is 1. The first-order chi connectivity index (χ1) is 32.2. The molecule has 0 spiro atoms. The van der Waals surface area contributed by atoms with E-state index in [2.05, 4.69) is 81.5 Å². The van der Waals surface area contributed by atoms with Crippen LogP contribution in [-0.4, -0.2) is 66.5 Å². The molecular formula is C54H93O11P. The first-order valence-corrected chi connectivity index (χ1v) is 27.3. The first kappa shape index (κ1) is 62.9. The quantitative estimate of drug-likeness (QED) is 0.0197. The lowest BCUT2D eigenvalue weighted by molar-refractivity contribution is -0.161.